The van der Waals surface area contributed by atoms with Gasteiger partial charge in [-0.25, -0.2) is 4.98 Å². The van der Waals surface area contributed by atoms with Crippen molar-refractivity contribution in [3.63, 3.8) is 0 Å². The van der Waals surface area contributed by atoms with Crippen molar-refractivity contribution in [2.24, 2.45) is 0 Å². The largest absolute Gasteiger partial charge is 0.485 e. The first-order valence-electron chi connectivity index (χ1n) is 6.85. The van der Waals surface area contributed by atoms with Crippen molar-refractivity contribution in [3.8, 4) is 5.75 Å². The molecule has 1 heterocycles. The van der Waals surface area contributed by atoms with E-state index in [2.05, 4.69) is 23.2 Å². The molecule has 4 heteroatoms. The maximum atomic E-state index is 11.8. The van der Waals surface area contributed by atoms with Gasteiger partial charge in [0.1, 0.15) is 5.75 Å². The first kappa shape index (κ1) is 13.8. The fourth-order valence-corrected chi connectivity index (χ4v) is 2.71. The molecule has 21 heavy (non-hydrogen) atoms. The van der Waals surface area contributed by atoms with Crippen molar-refractivity contribution in [2.75, 3.05) is 6.61 Å². The molecule has 0 fully saturated rings. The summed E-state index contributed by atoms with van der Waals surface area (Å²) in [5, 5.41) is 2.28. The van der Waals surface area contributed by atoms with Crippen LogP contribution in [0.3, 0.4) is 0 Å². The molecule has 3 rings (SSSR count). The first-order valence-corrected chi connectivity index (χ1v) is 7.73. The Morgan fingerprint density at radius 2 is 2.10 bits per heavy atom. The lowest BCUT2D eigenvalue weighted by Gasteiger charge is -2.09. The van der Waals surface area contributed by atoms with Crippen LogP contribution in [0, 0.1) is 0 Å². The lowest BCUT2D eigenvalue weighted by atomic mass is 10.00. The van der Waals surface area contributed by atoms with Crippen LogP contribution in [0.2, 0.25) is 0 Å². The van der Waals surface area contributed by atoms with Gasteiger partial charge in [-0.1, -0.05) is 30.4 Å². The third-order valence-electron chi connectivity index (χ3n) is 3.22. The number of allylic oxidation sites excluding steroid dienone is 4. The molecule has 106 valence electrons. The van der Waals surface area contributed by atoms with Gasteiger partial charge in [-0.15, -0.1) is 11.3 Å². The van der Waals surface area contributed by atoms with Gasteiger partial charge in [0.15, 0.2) is 11.6 Å². The van der Waals surface area contributed by atoms with Crippen LogP contribution in [0.1, 0.15) is 28.2 Å². The Labute approximate surface area is 127 Å². The number of carbonyl (C=O) groups excluding carboxylic acids is 1. The predicted molar refractivity (Wildman–Crippen MR) is 84.7 cm³/mol. The van der Waals surface area contributed by atoms with E-state index in [-0.39, 0.29) is 12.4 Å². The quantitative estimate of drug-likeness (QED) is 0.779. The standard InChI is InChI=1S/C17H15NO2S/c19-16(17-18-10-11-21-17)12-20-15-8-6-14(7-9-15)13-4-2-1-3-5-13/h2,4-11H,1,3,12H2. The lowest BCUT2D eigenvalue weighted by molar-refractivity contribution is 0.0921. The number of hydrogen-bond acceptors (Lipinski definition) is 4. The topological polar surface area (TPSA) is 39.2 Å². The summed E-state index contributed by atoms with van der Waals surface area (Å²) >= 11 is 1.33. The molecule has 0 bridgehead atoms. The molecule has 1 aromatic heterocycles. The van der Waals surface area contributed by atoms with E-state index in [1.54, 1.807) is 11.6 Å². The van der Waals surface area contributed by atoms with Gasteiger partial charge in [-0.2, -0.15) is 0 Å². The minimum Gasteiger partial charge on any atom is -0.485 e. The van der Waals surface area contributed by atoms with Gasteiger partial charge in [0.2, 0.25) is 5.78 Å². The van der Waals surface area contributed by atoms with Crippen LogP contribution in [-0.2, 0) is 0 Å². The summed E-state index contributed by atoms with van der Waals surface area (Å²) in [6, 6.07) is 7.83. The number of thiazole rings is 1. The van der Waals surface area contributed by atoms with Crippen LogP contribution in [0.4, 0.5) is 0 Å². The van der Waals surface area contributed by atoms with Crippen molar-refractivity contribution in [1.29, 1.82) is 0 Å². The molecule has 0 spiro atoms. The molecule has 0 saturated carbocycles. The molecule has 0 amide bonds. The summed E-state index contributed by atoms with van der Waals surface area (Å²) in [5.41, 5.74) is 2.41. The van der Waals surface area contributed by atoms with Gasteiger partial charge in [0.05, 0.1) is 0 Å². The molecule has 0 saturated heterocycles. The smallest absolute Gasteiger partial charge is 0.228 e. The van der Waals surface area contributed by atoms with Crippen molar-refractivity contribution in [2.45, 2.75) is 12.8 Å². The zero-order chi connectivity index (χ0) is 14.5. The van der Waals surface area contributed by atoms with Crippen LogP contribution in [0.5, 0.6) is 5.75 Å². The molecular formula is C17H15NO2S. The van der Waals surface area contributed by atoms with Crippen molar-refractivity contribution in [1.82, 2.24) is 4.98 Å². The summed E-state index contributed by atoms with van der Waals surface area (Å²) in [7, 11) is 0. The molecule has 1 aromatic carbocycles. The Morgan fingerprint density at radius 1 is 1.24 bits per heavy atom. The summed E-state index contributed by atoms with van der Waals surface area (Å²) in [6.45, 7) is 0.0233. The third-order valence-corrected chi connectivity index (χ3v) is 4.04. The number of carbonyl (C=O) groups is 1. The van der Waals surface area contributed by atoms with Gasteiger partial charge < -0.3 is 4.74 Å². The van der Waals surface area contributed by atoms with Gasteiger partial charge in [0.25, 0.3) is 0 Å². The highest BCUT2D eigenvalue weighted by molar-refractivity contribution is 7.11. The van der Waals surface area contributed by atoms with E-state index in [1.807, 2.05) is 24.3 Å². The molecule has 0 N–H and O–H groups in total. The number of aromatic nitrogens is 1. The SMILES string of the molecule is O=C(COc1ccc(C2=CCCC=C2)cc1)c1nccs1. The summed E-state index contributed by atoms with van der Waals surface area (Å²) in [5.74, 6) is 0.607. The maximum Gasteiger partial charge on any atom is 0.228 e. The molecule has 0 atom stereocenters. The average Bonchev–Trinajstić information content (AvgIpc) is 3.08. The normalized spacial score (nSPS) is 13.8. The average molecular weight is 297 g/mol. The monoisotopic (exact) mass is 297 g/mol. The second-order valence-electron chi connectivity index (χ2n) is 4.71. The second kappa shape index (κ2) is 6.50. The summed E-state index contributed by atoms with van der Waals surface area (Å²) in [4.78, 5) is 15.8. The van der Waals surface area contributed by atoms with E-state index in [0.29, 0.717) is 10.8 Å². The van der Waals surface area contributed by atoms with E-state index in [0.717, 1.165) is 12.8 Å². The van der Waals surface area contributed by atoms with Crippen LogP contribution < -0.4 is 4.74 Å². The van der Waals surface area contributed by atoms with E-state index in [1.165, 1.54) is 22.5 Å². The zero-order valence-electron chi connectivity index (χ0n) is 11.5. The highest BCUT2D eigenvalue weighted by Crippen LogP contribution is 2.23. The van der Waals surface area contributed by atoms with E-state index < -0.39 is 0 Å². The first-order chi connectivity index (χ1) is 10.3. The minimum absolute atomic E-state index is 0.0233. The lowest BCUT2D eigenvalue weighted by Crippen LogP contribution is -2.11. The molecule has 2 aromatic rings. The Kier molecular flexibility index (Phi) is 4.26. The van der Waals surface area contributed by atoms with Crippen LogP contribution in [0.25, 0.3) is 5.57 Å². The molecule has 0 aliphatic heterocycles. The Morgan fingerprint density at radius 3 is 2.76 bits per heavy atom. The van der Waals surface area contributed by atoms with Gasteiger partial charge in [0, 0.05) is 11.6 Å². The van der Waals surface area contributed by atoms with Gasteiger partial charge in [-0.3, -0.25) is 4.79 Å². The molecule has 1 aliphatic carbocycles. The van der Waals surface area contributed by atoms with Crippen LogP contribution in [0.15, 0.2) is 54.1 Å². The number of Topliss-reactive ketones (excluding diaryl/α,β-unsaturated/α-hetero) is 1. The van der Waals surface area contributed by atoms with Gasteiger partial charge in [-0.05, 0) is 36.1 Å². The number of nitrogens with zero attached hydrogens (tertiary/aromatic N) is 1. The van der Waals surface area contributed by atoms with Crippen molar-refractivity contribution in [3.05, 3.63) is 64.6 Å². The van der Waals surface area contributed by atoms with E-state index >= 15 is 0 Å². The zero-order valence-corrected chi connectivity index (χ0v) is 12.3. The van der Waals surface area contributed by atoms with Crippen LogP contribution in [-0.4, -0.2) is 17.4 Å². The van der Waals surface area contributed by atoms with Crippen LogP contribution >= 0.6 is 11.3 Å². The Hall–Kier alpha value is -2.20. The number of ketones is 1. The molecule has 0 radical (unpaired) electrons. The van der Waals surface area contributed by atoms with Gasteiger partial charge >= 0.3 is 0 Å². The number of benzene rings is 1. The predicted octanol–water partition coefficient (Wildman–Crippen LogP) is 4.14. The second-order valence-corrected chi connectivity index (χ2v) is 5.61. The fourth-order valence-electron chi connectivity index (χ4n) is 2.14. The summed E-state index contributed by atoms with van der Waals surface area (Å²) < 4.78 is 5.51. The number of hydrogen-bond donors (Lipinski definition) is 0. The van der Waals surface area contributed by atoms with Crippen molar-refractivity contribution < 1.29 is 9.53 Å². The van der Waals surface area contributed by atoms with Crippen molar-refractivity contribution >= 4 is 22.7 Å². The highest BCUT2D eigenvalue weighted by Gasteiger charge is 2.09. The van der Waals surface area contributed by atoms with E-state index in [9.17, 15) is 4.79 Å². The summed E-state index contributed by atoms with van der Waals surface area (Å²) in [6.07, 6.45) is 10.4. The third kappa shape index (κ3) is 3.47. The minimum atomic E-state index is -0.0907. The molecule has 3 nitrogen and oxygen atoms in total. The number of rotatable bonds is 5. The molecule has 1 aliphatic rings. The highest BCUT2D eigenvalue weighted by atomic mass is 32.1. The molecular weight excluding hydrogens is 282 g/mol. The Bertz CT molecular complexity index is 669. The fraction of sp³-hybridized carbons (Fsp3) is 0.176. The van der Waals surface area contributed by atoms with E-state index in [4.69, 9.17) is 4.74 Å². The maximum absolute atomic E-state index is 11.8. The number of ether oxygens (including phenoxy) is 1. The Balaban J connectivity index is 1.61. The molecule has 0 unspecified atom stereocenters.